The van der Waals surface area contributed by atoms with E-state index in [1.165, 1.54) is 0 Å². The summed E-state index contributed by atoms with van der Waals surface area (Å²) in [5, 5.41) is 4.61. The number of aromatic nitrogens is 2. The largest absolute Gasteiger partial charge is 0.481 e. The first kappa shape index (κ1) is 21.4. The van der Waals surface area contributed by atoms with Crippen molar-refractivity contribution in [3.8, 4) is 5.88 Å². The summed E-state index contributed by atoms with van der Waals surface area (Å²) >= 11 is 6.44. The van der Waals surface area contributed by atoms with Crippen molar-refractivity contribution < 1.29 is 9.53 Å². The quantitative estimate of drug-likeness (QED) is 0.534. The van der Waals surface area contributed by atoms with Crippen molar-refractivity contribution in [3.63, 3.8) is 0 Å². The van der Waals surface area contributed by atoms with Gasteiger partial charge in [0.2, 0.25) is 5.88 Å². The third-order valence-corrected chi connectivity index (χ3v) is 6.01. The maximum Gasteiger partial charge on any atom is 0.252 e. The molecule has 0 radical (unpaired) electrons. The van der Waals surface area contributed by atoms with Crippen LogP contribution in [0.2, 0.25) is 5.02 Å². The van der Waals surface area contributed by atoms with Crippen molar-refractivity contribution in [1.82, 2.24) is 14.9 Å². The van der Waals surface area contributed by atoms with Crippen LogP contribution in [0.15, 0.2) is 36.5 Å². The number of hydrogen-bond acceptors (Lipinski definition) is 3. The van der Waals surface area contributed by atoms with Crippen molar-refractivity contribution in [2.24, 2.45) is 0 Å². The first-order chi connectivity index (χ1) is 14.9. The molecule has 3 aromatic rings. The van der Waals surface area contributed by atoms with Gasteiger partial charge in [-0.05, 0) is 69.4 Å². The summed E-state index contributed by atoms with van der Waals surface area (Å²) in [6, 6.07) is 6.06. The van der Waals surface area contributed by atoms with Gasteiger partial charge >= 0.3 is 0 Å². The van der Waals surface area contributed by atoms with E-state index in [1.807, 2.05) is 13.0 Å². The van der Waals surface area contributed by atoms with Gasteiger partial charge in [-0.1, -0.05) is 23.8 Å². The van der Waals surface area contributed by atoms with E-state index < -0.39 is 0 Å². The molecule has 0 atom stereocenters. The number of methoxy groups -OCH3 is 1. The van der Waals surface area contributed by atoms with Crippen molar-refractivity contribution in [2.75, 3.05) is 7.11 Å². The van der Waals surface area contributed by atoms with Crippen molar-refractivity contribution >= 4 is 28.4 Å². The predicted octanol–water partition coefficient (Wildman–Crippen LogP) is 5.56. The van der Waals surface area contributed by atoms with Crippen LogP contribution in [0, 0.1) is 6.92 Å². The van der Waals surface area contributed by atoms with Gasteiger partial charge in [-0.3, -0.25) is 4.79 Å². The number of amides is 1. The van der Waals surface area contributed by atoms with E-state index in [2.05, 4.69) is 53.1 Å². The Bertz CT molecular complexity index is 1180. The van der Waals surface area contributed by atoms with E-state index in [1.54, 1.807) is 13.2 Å². The van der Waals surface area contributed by atoms with E-state index in [0.717, 1.165) is 52.5 Å². The second-order valence-electron chi connectivity index (χ2n) is 8.31. The van der Waals surface area contributed by atoms with Gasteiger partial charge in [0.25, 0.3) is 5.91 Å². The Hall–Kier alpha value is -2.79. The second kappa shape index (κ2) is 8.75. The minimum absolute atomic E-state index is 0.146. The van der Waals surface area contributed by atoms with Crippen LogP contribution in [0.1, 0.15) is 59.1 Å². The molecule has 1 aliphatic heterocycles. The molecule has 2 aromatic heterocycles. The van der Waals surface area contributed by atoms with Crippen LogP contribution < -0.4 is 10.1 Å². The number of carbonyl (C=O) groups is 1. The number of allylic oxidation sites excluding steroid dienone is 2. The highest BCUT2D eigenvalue weighted by molar-refractivity contribution is 6.32. The predicted molar refractivity (Wildman–Crippen MR) is 125 cm³/mol. The topological polar surface area (TPSA) is 56.1 Å². The minimum atomic E-state index is -0.146. The highest BCUT2D eigenvalue weighted by Crippen LogP contribution is 2.32. The molecule has 0 fully saturated rings. The summed E-state index contributed by atoms with van der Waals surface area (Å²) in [5.74, 6) is 0.420. The number of hydrogen-bond donors (Lipinski definition) is 1. The second-order valence-corrected chi connectivity index (χ2v) is 8.75. The zero-order valence-corrected chi connectivity index (χ0v) is 19.2. The van der Waals surface area contributed by atoms with Crippen LogP contribution in [0.4, 0.5) is 0 Å². The maximum absolute atomic E-state index is 13.3. The number of fused-ring (bicyclic) bond motifs is 1. The molecule has 0 saturated heterocycles. The van der Waals surface area contributed by atoms with Crippen LogP contribution in [-0.2, 0) is 19.4 Å². The molecule has 0 unspecified atom stereocenters. The maximum atomic E-state index is 13.3. The molecule has 6 heteroatoms. The van der Waals surface area contributed by atoms with Gasteiger partial charge in [-0.2, -0.15) is 0 Å². The number of rotatable bonds is 2. The first-order valence-electron chi connectivity index (χ1n) is 10.7. The molecule has 1 aliphatic rings. The molecule has 162 valence electrons. The van der Waals surface area contributed by atoms with Gasteiger partial charge in [0, 0.05) is 40.4 Å². The van der Waals surface area contributed by atoms with Gasteiger partial charge in [0.05, 0.1) is 18.2 Å². The molecule has 31 heavy (non-hydrogen) atoms. The average Bonchev–Trinajstić information content (AvgIpc) is 3.09. The highest BCUT2D eigenvalue weighted by Gasteiger charge is 2.20. The number of carbonyl (C=O) groups excluding carboxylic acids is 1. The van der Waals surface area contributed by atoms with E-state index in [0.29, 0.717) is 23.0 Å². The number of nitrogens with one attached hydrogen (secondary N) is 1. The van der Waals surface area contributed by atoms with Gasteiger partial charge in [0.1, 0.15) is 0 Å². The van der Waals surface area contributed by atoms with Crippen LogP contribution in [0.25, 0.3) is 10.9 Å². The van der Waals surface area contributed by atoms with E-state index in [9.17, 15) is 4.79 Å². The fraction of sp³-hybridized carbons (Fsp3) is 0.360. The minimum Gasteiger partial charge on any atom is -0.481 e. The molecule has 0 spiro atoms. The fourth-order valence-electron chi connectivity index (χ4n) is 4.35. The Morgan fingerprint density at radius 2 is 2.00 bits per heavy atom. The van der Waals surface area contributed by atoms with Gasteiger partial charge in [0.15, 0.2) is 0 Å². The Kier molecular flexibility index (Phi) is 6.05. The fourth-order valence-corrected chi connectivity index (χ4v) is 4.56. The third kappa shape index (κ3) is 4.19. The Labute approximate surface area is 188 Å². The molecule has 3 heterocycles. The molecule has 0 aliphatic carbocycles. The summed E-state index contributed by atoms with van der Waals surface area (Å²) in [5.41, 5.74) is 5.70. The van der Waals surface area contributed by atoms with Crippen molar-refractivity contribution in [2.45, 2.75) is 52.6 Å². The molecule has 1 N–H and O–H groups in total. The lowest BCUT2D eigenvalue weighted by atomic mass is 10.0. The summed E-state index contributed by atoms with van der Waals surface area (Å²) in [4.78, 5) is 17.9. The van der Waals surface area contributed by atoms with Crippen LogP contribution in [0.5, 0.6) is 5.88 Å². The number of benzene rings is 1. The smallest absolute Gasteiger partial charge is 0.252 e. The average molecular weight is 438 g/mol. The molecule has 4 rings (SSSR count). The molecule has 1 aromatic carbocycles. The Morgan fingerprint density at radius 1 is 1.19 bits per heavy atom. The number of pyridine rings is 1. The first-order valence-corrected chi connectivity index (χ1v) is 11.1. The number of ether oxygens (including phenoxy) is 1. The van der Waals surface area contributed by atoms with Crippen LogP contribution >= 0.6 is 11.6 Å². The molecular weight excluding hydrogens is 410 g/mol. The summed E-state index contributed by atoms with van der Waals surface area (Å²) in [7, 11) is 1.62. The molecule has 1 amide bonds. The SMILES string of the molecule is COc1nc(C)cc2c1CNC(=O)c1cc(Cl)cc3c1c(cn3C(C)C)C/C=C/CC2. The normalized spacial score (nSPS) is 15.6. The Morgan fingerprint density at radius 3 is 2.74 bits per heavy atom. The standard InChI is InChI=1S/C25H28ClN3O2/c1-15(2)29-14-18-9-7-5-6-8-17-10-16(3)28-25(31-4)21(17)13-27-24(30)20-11-19(26)12-22(29)23(18)20/h5,7,10-12,14-15H,6,8-9,13H2,1-4H3,(H,27,30)/b7-5+. The Balaban J connectivity index is 1.85. The van der Waals surface area contributed by atoms with Crippen molar-refractivity contribution in [3.05, 3.63) is 69.5 Å². The molecule has 0 saturated carbocycles. The molecule has 0 bridgehead atoms. The number of halogens is 1. The summed E-state index contributed by atoms with van der Waals surface area (Å²) in [6.07, 6.45) is 9.10. The number of nitrogens with zero attached hydrogens (tertiary/aromatic N) is 2. The molecule has 5 nitrogen and oxygen atoms in total. The zero-order chi connectivity index (χ0) is 22.1. The van der Waals surface area contributed by atoms with Gasteiger partial charge in [-0.15, -0.1) is 0 Å². The van der Waals surface area contributed by atoms with Gasteiger partial charge < -0.3 is 14.6 Å². The third-order valence-electron chi connectivity index (χ3n) is 5.79. The lowest BCUT2D eigenvalue weighted by Crippen LogP contribution is -2.24. The van der Waals surface area contributed by atoms with Crippen LogP contribution in [0.3, 0.4) is 0 Å². The molecular formula is C25H28ClN3O2. The van der Waals surface area contributed by atoms with Crippen molar-refractivity contribution in [1.29, 1.82) is 0 Å². The monoisotopic (exact) mass is 437 g/mol. The highest BCUT2D eigenvalue weighted by atomic mass is 35.5. The summed E-state index contributed by atoms with van der Waals surface area (Å²) < 4.78 is 7.73. The van der Waals surface area contributed by atoms with E-state index >= 15 is 0 Å². The van der Waals surface area contributed by atoms with E-state index in [-0.39, 0.29) is 11.9 Å². The lowest BCUT2D eigenvalue weighted by Gasteiger charge is -2.15. The number of aryl methyl sites for hydroxylation is 2. The lowest BCUT2D eigenvalue weighted by molar-refractivity contribution is 0.0952. The van der Waals surface area contributed by atoms with Gasteiger partial charge in [-0.25, -0.2) is 4.98 Å². The summed E-state index contributed by atoms with van der Waals surface area (Å²) in [6.45, 7) is 6.58. The van der Waals surface area contributed by atoms with Crippen LogP contribution in [-0.4, -0.2) is 22.6 Å². The van der Waals surface area contributed by atoms with E-state index in [4.69, 9.17) is 16.3 Å². The zero-order valence-electron chi connectivity index (χ0n) is 18.5.